The normalized spacial score (nSPS) is 16.9. The Balaban J connectivity index is 2.00. The Morgan fingerprint density at radius 3 is 1.80 bits per heavy atom. The lowest BCUT2D eigenvalue weighted by Crippen LogP contribution is -2.20. The van der Waals surface area contributed by atoms with Gasteiger partial charge in [0.1, 0.15) is 0 Å². The topological polar surface area (TPSA) is 20.2 Å². The highest BCUT2D eigenvalue weighted by Gasteiger charge is 2.36. The first-order valence-corrected chi connectivity index (χ1v) is 8.00. The molecular weight excluding hydrogens is 263 g/mol. The summed E-state index contributed by atoms with van der Waals surface area (Å²) in [5.74, 6) is 1.03. The van der Waals surface area contributed by atoms with Gasteiger partial charge in [-0.15, -0.1) is 0 Å². The molecule has 1 N–H and O–H groups in total. The van der Waals surface area contributed by atoms with Crippen molar-refractivity contribution in [2.45, 2.75) is 0 Å². The zero-order chi connectivity index (χ0) is 13.8. The van der Waals surface area contributed by atoms with Gasteiger partial charge in [-0.1, -0.05) is 60.7 Å². The molecule has 0 aliphatic heterocycles. The second-order valence-corrected chi connectivity index (χ2v) is 6.79. The Hall–Kier alpha value is -1.17. The van der Waals surface area contributed by atoms with Gasteiger partial charge in [-0.05, 0) is 37.8 Å². The lowest BCUT2D eigenvalue weighted by molar-refractivity contribution is 0.317. The van der Waals surface area contributed by atoms with Crippen LogP contribution in [0, 0.1) is 30.8 Å². The molecule has 1 aliphatic carbocycles. The second-order valence-electron chi connectivity index (χ2n) is 4.60. The smallest absolute Gasteiger partial charge is 0.0506 e. The number of hydrogen-bond donors (Lipinski definition) is 1. The second kappa shape index (κ2) is 6.52. The van der Waals surface area contributed by atoms with Crippen molar-refractivity contribution in [1.29, 1.82) is 0 Å². The van der Waals surface area contributed by atoms with Crippen molar-refractivity contribution in [2.24, 2.45) is 0 Å². The van der Waals surface area contributed by atoms with E-state index in [2.05, 4.69) is 55.0 Å². The third-order valence-corrected chi connectivity index (χ3v) is 5.87. The number of benzene rings is 2. The first kappa shape index (κ1) is 13.8. The van der Waals surface area contributed by atoms with Gasteiger partial charge in [-0.3, -0.25) is 0 Å². The van der Waals surface area contributed by atoms with E-state index >= 15 is 0 Å². The summed E-state index contributed by atoms with van der Waals surface area (Å²) in [6.07, 6.45) is 6.18. The summed E-state index contributed by atoms with van der Waals surface area (Å²) in [5.41, 5.74) is 1.25. The van der Waals surface area contributed by atoms with Crippen molar-refractivity contribution >= 4 is 18.5 Å². The Bertz CT molecular complexity index is 486. The van der Waals surface area contributed by atoms with Gasteiger partial charge in [0.15, 0.2) is 0 Å². The average molecular weight is 279 g/mol. The standard InChI is InChI=1S/C18H16OP/c19-14-15-8-7-13-18(15)20(16-9-3-1-4-10-16)17-11-5-2-6-12-17/h1-13,19H,14H2. The molecule has 0 heterocycles. The molecule has 2 aromatic carbocycles. The summed E-state index contributed by atoms with van der Waals surface area (Å²) in [4.78, 5) is 0. The predicted octanol–water partition coefficient (Wildman–Crippen LogP) is 2.84. The Kier molecular flexibility index (Phi) is 4.50. The van der Waals surface area contributed by atoms with Crippen LogP contribution in [0.3, 0.4) is 0 Å². The maximum absolute atomic E-state index is 9.56. The van der Waals surface area contributed by atoms with Crippen LogP contribution in [0.4, 0.5) is 0 Å². The molecule has 20 heavy (non-hydrogen) atoms. The van der Waals surface area contributed by atoms with E-state index in [4.69, 9.17) is 0 Å². The van der Waals surface area contributed by atoms with Crippen LogP contribution in [0.5, 0.6) is 0 Å². The molecule has 0 aromatic heterocycles. The fourth-order valence-corrected chi connectivity index (χ4v) is 4.84. The molecule has 1 nitrogen and oxygen atoms in total. The van der Waals surface area contributed by atoms with E-state index in [9.17, 15) is 5.11 Å². The van der Waals surface area contributed by atoms with Crippen LogP contribution in [0.1, 0.15) is 0 Å². The lowest BCUT2D eigenvalue weighted by atomic mass is 10.1. The molecular formula is C18H16OP. The van der Waals surface area contributed by atoms with E-state index in [0.29, 0.717) is 0 Å². The highest BCUT2D eigenvalue weighted by molar-refractivity contribution is 7.76. The Labute approximate surface area is 122 Å². The monoisotopic (exact) mass is 279 g/mol. The van der Waals surface area contributed by atoms with E-state index in [0.717, 1.165) is 5.92 Å². The summed E-state index contributed by atoms with van der Waals surface area (Å²) >= 11 is 0. The summed E-state index contributed by atoms with van der Waals surface area (Å²) in [7, 11) is -0.596. The lowest BCUT2D eigenvalue weighted by Gasteiger charge is -2.28. The molecule has 0 amide bonds. The van der Waals surface area contributed by atoms with Gasteiger partial charge in [0.2, 0.25) is 0 Å². The summed E-state index contributed by atoms with van der Waals surface area (Å²) in [6, 6.07) is 21.1. The molecule has 0 spiro atoms. The van der Waals surface area contributed by atoms with Gasteiger partial charge >= 0.3 is 0 Å². The number of aliphatic hydroxyl groups is 1. The quantitative estimate of drug-likeness (QED) is 0.853. The molecule has 2 aromatic rings. The van der Waals surface area contributed by atoms with Crippen molar-refractivity contribution in [1.82, 2.24) is 0 Å². The zero-order valence-electron chi connectivity index (χ0n) is 11.1. The first-order valence-electron chi connectivity index (χ1n) is 6.66. The number of rotatable bonds is 4. The molecule has 1 saturated carbocycles. The molecule has 1 aliphatic rings. The minimum atomic E-state index is -0.596. The molecule has 3 rings (SSSR count). The average Bonchev–Trinajstić information content (AvgIpc) is 2.98. The highest BCUT2D eigenvalue weighted by Crippen LogP contribution is 2.55. The fourth-order valence-electron chi connectivity index (χ4n) is 2.38. The van der Waals surface area contributed by atoms with E-state index in [1.54, 1.807) is 0 Å². The summed E-state index contributed by atoms with van der Waals surface area (Å²) in [5, 5.41) is 12.2. The van der Waals surface area contributed by atoms with E-state index in [1.807, 2.05) is 25.0 Å². The first-order chi connectivity index (χ1) is 9.90. The summed E-state index contributed by atoms with van der Waals surface area (Å²) in [6.45, 7) is 0.0980. The van der Waals surface area contributed by atoms with Gasteiger partial charge in [0.05, 0.1) is 6.61 Å². The maximum Gasteiger partial charge on any atom is 0.0506 e. The van der Waals surface area contributed by atoms with Crippen molar-refractivity contribution in [3.05, 3.63) is 91.5 Å². The van der Waals surface area contributed by atoms with Crippen LogP contribution in [0.15, 0.2) is 60.7 Å². The van der Waals surface area contributed by atoms with Crippen molar-refractivity contribution in [3.8, 4) is 0 Å². The molecule has 0 bridgehead atoms. The highest BCUT2D eigenvalue weighted by atomic mass is 31.1. The Morgan fingerprint density at radius 2 is 1.30 bits per heavy atom. The van der Waals surface area contributed by atoms with Crippen LogP contribution in [-0.2, 0) is 0 Å². The number of hydrogen-bond acceptors (Lipinski definition) is 1. The third-order valence-electron chi connectivity index (χ3n) is 3.32. The van der Waals surface area contributed by atoms with Gasteiger partial charge < -0.3 is 5.11 Å². The molecule has 0 unspecified atom stereocenters. The zero-order valence-corrected chi connectivity index (χ0v) is 12.0. The molecule has 99 valence electrons. The van der Waals surface area contributed by atoms with E-state index < -0.39 is 7.92 Å². The van der Waals surface area contributed by atoms with Gasteiger partial charge in [0, 0.05) is 11.6 Å². The third kappa shape index (κ3) is 2.80. The molecule has 1 fully saturated rings. The fraction of sp³-hybridized carbons (Fsp3) is 0.0556. The molecule has 0 atom stereocenters. The van der Waals surface area contributed by atoms with Gasteiger partial charge in [0.25, 0.3) is 0 Å². The van der Waals surface area contributed by atoms with Crippen LogP contribution in [0.2, 0.25) is 0 Å². The van der Waals surface area contributed by atoms with Gasteiger partial charge in [-0.2, -0.15) is 0 Å². The largest absolute Gasteiger partial charge is 0.396 e. The Morgan fingerprint density at radius 1 is 0.750 bits per heavy atom. The molecule has 5 radical (unpaired) electrons. The minimum Gasteiger partial charge on any atom is -0.396 e. The van der Waals surface area contributed by atoms with E-state index in [1.165, 1.54) is 16.3 Å². The van der Waals surface area contributed by atoms with Crippen molar-refractivity contribution < 1.29 is 5.11 Å². The minimum absolute atomic E-state index is 0.0980. The van der Waals surface area contributed by atoms with Crippen molar-refractivity contribution in [3.63, 3.8) is 0 Å². The van der Waals surface area contributed by atoms with Gasteiger partial charge in [-0.25, -0.2) is 0 Å². The van der Waals surface area contributed by atoms with E-state index in [-0.39, 0.29) is 6.61 Å². The van der Waals surface area contributed by atoms with Crippen LogP contribution >= 0.6 is 7.92 Å². The molecule has 0 saturated heterocycles. The maximum atomic E-state index is 9.56. The summed E-state index contributed by atoms with van der Waals surface area (Å²) < 4.78 is 0. The van der Waals surface area contributed by atoms with Crippen LogP contribution < -0.4 is 10.6 Å². The van der Waals surface area contributed by atoms with Crippen molar-refractivity contribution in [2.75, 3.05) is 6.61 Å². The SMILES string of the molecule is OC[C]1[CH][CH][CH][C]1P(c1ccccc1)c1ccccc1. The van der Waals surface area contributed by atoms with Crippen LogP contribution in [0.25, 0.3) is 0 Å². The molecule has 2 heteroatoms. The van der Waals surface area contributed by atoms with Crippen LogP contribution in [-0.4, -0.2) is 11.7 Å². The number of aliphatic hydroxyl groups excluding tert-OH is 1. The predicted molar refractivity (Wildman–Crippen MR) is 85.5 cm³/mol.